The molecule has 1 fully saturated rings. The van der Waals surface area contributed by atoms with Gasteiger partial charge in [0.1, 0.15) is 17.6 Å². The van der Waals surface area contributed by atoms with Crippen LogP contribution in [0.15, 0.2) is 33.3 Å². The molecule has 1 aliphatic rings. The summed E-state index contributed by atoms with van der Waals surface area (Å²) < 4.78 is 25.3. The molecular formula is C21H24FN5O3. The molecule has 4 rings (SSSR count). The number of hydrogen-bond acceptors (Lipinski definition) is 7. The van der Waals surface area contributed by atoms with Gasteiger partial charge in [-0.15, -0.1) is 0 Å². The average Bonchev–Trinajstić information content (AvgIpc) is 3.37. The lowest BCUT2D eigenvalue weighted by Gasteiger charge is -2.36. The summed E-state index contributed by atoms with van der Waals surface area (Å²) in [6.07, 6.45) is 2.41. The van der Waals surface area contributed by atoms with E-state index in [4.69, 9.17) is 9.05 Å². The maximum atomic E-state index is 15.1. The Morgan fingerprint density at radius 3 is 2.73 bits per heavy atom. The molecular weight excluding hydrogens is 389 g/mol. The van der Waals surface area contributed by atoms with Gasteiger partial charge in [-0.2, -0.15) is 4.98 Å². The molecule has 1 N–H and O–H groups in total. The molecule has 3 heterocycles. The summed E-state index contributed by atoms with van der Waals surface area (Å²) in [6, 6.07) is 5.96. The van der Waals surface area contributed by atoms with E-state index in [2.05, 4.69) is 20.6 Å². The third-order valence-electron chi connectivity index (χ3n) is 5.14. The molecule has 1 amide bonds. The molecule has 0 radical (unpaired) electrons. The minimum atomic E-state index is -0.492. The second-order valence-corrected chi connectivity index (χ2v) is 7.79. The Bertz CT molecular complexity index is 1040. The van der Waals surface area contributed by atoms with Gasteiger partial charge in [-0.1, -0.05) is 24.2 Å². The number of rotatable bonds is 5. The van der Waals surface area contributed by atoms with Crippen LogP contribution in [0.2, 0.25) is 0 Å². The molecule has 1 aliphatic heterocycles. The van der Waals surface area contributed by atoms with E-state index < -0.39 is 11.9 Å². The summed E-state index contributed by atoms with van der Waals surface area (Å²) in [7, 11) is 0. The first-order valence-corrected chi connectivity index (χ1v) is 10.1. The van der Waals surface area contributed by atoms with E-state index in [9.17, 15) is 4.79 Å². The molecule has 0 aliphatic carbocycles. The molecule has 1 atom stereocenters. The van der Waals surface area contributed by atoms with Crippen molar-refractivity contribution in [1.29, 1.82) is 0 Å². The van der Waals surface area contributed by atoms with Gasteiger partial charge in [0.25, 0.3) is 0 Å². The van der Waals surface area contributed by atoms with Crippen LogP contribution in [0.4, 0.5) is 15.9 Å². The van der Waals surface area contributed by atoms with Gasteiger partial charge < -0.3 is 19.3 Å². The number of nitrogens with one attached hydrogen (secondary N) is 1. The number of carbonyl (C=O) groups is 1. The van der Waals surface area contributed by atoms with E-state index in [0.29, 0.717) is 47.5 Å². The zero-order valence-electron chi connectivity index (χ0n) is 17.2. The standard InChI is InChI=1S/C21H24FN5O3/c1-12(2)21-24-19(26-30-21)14-7-8-16(15(22)11-14)27-9-5-4-6-17(27)20(28)23-18-10-13(3)29-25-18/h7-8,10-12,17H,4-6,9H2,1-3H3,(H,23,25,28). The Balaban J connectivity index is 1.56. The number of aromatic nitrogens is 3. The van der Waals surface area contributed by atoms with E-state index in [1.165, 1.54) is 6.07 Å². The summed E-state index contributed by atoms with van der Waals surface area (Å²) in [4.78, 5) is 19.0. The Morgan fingerprint density at radius 2 is 2.07 bits per heavy atom. The second-order valence-electron chi connectivity index (χ2n) is 7.79. The zero-order valence-corrected chi connectivity index (χ0v) is 17.2. The van der Waals surface area contributed by atoms with Crippen LogP contribution in [-0.2, 0) is 4.79 Å². The monoisotopic (exact) mass is 413 g/mol. The molecule has 1 saturated heterocycles. The zero-order chi connectivity index (χ0) is 21.3. The van der Waals surface area contributed by atoms with Crippen LogP contribution in [0.3, 0.4) is 0 Å². The van der Waals surface area contributed by atoms with E-state index in [-0.39, 0.29) is 11.8 Å². The molecule has 0 saturated carbocycles. The van der Waals surface area contributed by atoms with Gasteiger partial charge in [-0.05, 0) is 44.4 Å². The van der Waals surface area contributed by atoms with E-state index in [0.717, 1.165) is 12.8 Å². The van der Waals surface area contributed by atoms with Gasteiger partial charge >= 0.3 is 0 Å². The third-order valence-corrected chi connectivity index (χ3v) is 5.14. The minimum Gasteiger partial charge on any atom is -0.360 e. The van der Waals surface area contributed by atoms with Gasteiger partial charge in [0, 0.05) is 24.1 Å². The van der Waals surface area contributed by atoms with Crippen LogP contribution in [0.1, 0.15) is 50.7 Å². The van der Waals surface area contributed by atoms with Crippen molar-refractivity contribution in [2.75, 3.05) is 16.8 Å². The number of amides is 1. The van der Waals surface area contributed by atoms with E-state index >= 15 is 4.39 Å². The molecule has 30 heavy (non-hydrogen) atoms. The number of hydrogen-bond donors (Lipinski definition) is 1. The van der Waals surface area contributed by atoms with Crippen molar-refractivity contribution >= 4 is 17.4 Å². The molecule has 1 unspecified atom stereocenters. The highest BCUT2D eigenvalue weighted by molar-refractivity contribution is 5.96. The van der Waals surface area contributed by atoms with Gasteiger partial charge in [0.2, 0.25) is 17.6 Å². The number of anilines is 2. The summed E-state index contributed by atoms with van der Waals surface area (Å²) in [5, 5.41) is 10.5. The van der Waals surface area contributed by atoms with Gasteiger partial charge in [-0.3, -0.25) is 4.79 Å². The molecule has 8 nitrogen and oxygen atoms in total. The quantitative estimate of drug-likeness (QED) is 0.666. The molecule has 2 aromatic heterocycles. The first kappa shape index (κ1) is 20.1. The fourth-order valence-electron chi connectivity index (χ4n) is 3.59. The molecule has 1 aromatic carbocycles. The van der Waals surface area contributed by atoms with Crippen molar-refractivity contribution in [2.24, 2.45) is 0 Å². The highest BCUT2D eigenvalue weighted by atomic mass is 19.1. The van der Waals surface area contributed by atoms with Crippen LogP contribution in [0.5, 0.6) is 0 Å². The fourth-order valence-corrected chi connectivity index (χ4v) is 3.59. The summed E-state index contributed by atoms with van der Waals surface area (Å²) in [5.41, 5.74) is 0.908. The largest absolute Gasteiger partial charge is 0.360 e. The highest BCUT2D eigenvalue weighted by Crippen LogP contribution is 2.31. The second kappa shape index (κ2) is 8.25. The van der Waals surface area contributed by atoms with Gasteiger partial charge in [0.15, 0.2) is 5.82 Å². The third kappa shape index (κ3) is 4.05. The fraction of sp³-hybridized carbons (Fsp3) is 0.429. The lowest BCUT2D eigenvalue weighted by molar-refractivity contribution is -0.117. The topological polar surface area (TPSA) is 97.3 Å². The van der Waals surface area contributed by atoms with Crippen molar-refractivity contribution in [3.63, 3.8) is 0 Å². The van der Waals surface area contributed by atoms with Crippen LogP contribution in [0.25, 0.3) is 11.4 Å². The molecule has 0 spiro atoms. The summed E-state index contributed by atoms with van der Waals surface area (Å²) in [5.74, 6) is 1.25. The Kier molecular flexibility index (Phi) is 5.52. The minimum absolute atomic E-state index is 0.0940. The van der Waals surface area contributed by atoms with Crippen molar-refractivity contribution in [2.45, 2.75) is 52.0 Å². The van der Waals surface area contributed by atoms with Crippen molar-refractivity contribution < 1.29 is 18.2 Å². The molecule has 158 valence electrons. The summed E-state index contributed by atoms with van der Waals surface area (Å²) in [6.45, 7) is 6.23. The molecule has 9 heteroatoms. The number of piperidine rings is 1. The predicted molar refractivity (Wildman–Crippen MR) is 109 cm³/mol. The highest BCUT2D eigenvalue weighted by Gasteiger charge is 2.31. The van der Waals surface area contributed by atoms with Crippen LogP contribution in [0, 0.1) is 12.7 Å². The van der Waals surface area contributed by atoms with E-state index in [1.54, 1.807) is 30.0 Å². The Morgan fingerprint density at radius 1 is 1.23 bits per heavy atom. The lowest BCUT2D eigenvalue weighted by Crippen LogP contribution is -2.47. The number of carbonyl (C=O) groups excluding carboxylic acids is 1. The molecule has 0 bridgehead atoms. The molecule has 3 aromatic rings. The maximum absolute atomic E-state index is 15.1. The van der Waals surface area contributed by atoms with Crippen LogP contribution in [-0.4, -0.2) is 33.8 Å². The number of nitrogens with zero attached hydrogens (tertiary/aromatic N) is 4. The Hall–Kier alpha value is -3.23. The normalized spacial score (nSPS) is 16.8. The maximum Gasteiger partial charge on any atom is 0.248 e. The summed E-state index contributed by atoms with van der Waals surface area (Å²) >= 11 is 0. The predicted octanol–water partition coefficient (Wildman–Crippen LogP) is 4.29. The first-order valence-electron chi connectivity index (χ1n) is 10.1. The van der Waals surface area contributed by atoms with Gasteiger partial charge in [-0.25, -0.2) is 4.39 Å². The SMILES string of the molecule is Cc1cc(NC(=O)C2CCCCN2c2ccc(-c3noc(C(C)C)n3)cc2F)no1. The number of aryl methyl sites for hydroxylation is 1. The lowest BCUT2D eigenvalue weighted by atomic mass is 9.99. The number of benzene rings is 1. The van der Waals surface area contributed by atoms with Gasteiger partial charge in [0.05, 0.1) is 5.69 Å². The first-order chi connectivity index (χ1) is 14.4. The smallest absolute Gasteiger partial charge is 0.248 e. The number of halogens is 1. The average molecular weight is 413 g/mol. The van der Waals surface area contributed by atoms with Crippen molar-refractivity contribution in [3.05, 3.63) is 41.7 Å². The van der Waals surface area contributed by atoms with Crippen molar-refractivity contribution in [1.82, 2.24) is 15.3 Å². The van der Waals surface area contributed by atoms with Crippen LogP contribution >= 0.6 is 0 Å². The van der Waals surface area contributed by atoms with Crippen molar-refractivity contribution in [3.8, 4) is 11.4 Å². The van der Waals surface area contributed by atoms with Crippen LogP contribution < -0.4 is 10.2 Å². The Labute approximate surface area is 173 Å². The van der Waals surface area contributed by atoms with E-state index in [1.807, 2.05) is 13.8 Å².